The first-order chi connectivity index (χ1) is 7.87. The summed E-state index contributed by atoms with van der Waals surface area (Å²) in [6, 6.07) is 4.12. The second-order valence-electron chi connectivity index (χ2n) is 5.26. The predicted octanol–water partition coefficient (Wildman–Crippen LogP) is 4.05. The van der Waals surface area contributed by atoms with Crippen LogP contribution in [0, 0.1) is 17.0 Å². The highest BCUT2D eigenvalue weighted by Crippen LogP contribution is 2.22. The highest BCUT2D eigenvalue weighted by Gasteiger charge is 2.18. The van der Waals surface area contributed by atoms with Gasteiger partial charge in [0, 0.05) is 18.2 Å². The number of rotatable bonds is 5. The second-order valence-corrected chi connectivity index (χ2v) is 5.26. The molecule has 0 heterocycles. The third-order valence-corrected chi connectivity index (χ3v) is 3.29. The summed E-state index contributed by atoms with van der Waals surface area (Å²) in [6.07, 6.45) is 1.04. The lowest BCUT2D eigenvalue weighted by Crippen LogP contribution is -2.31. The van der Waals surface area contributed by atoms with Crippen LogP contribution in [0.3, 0.4) is 0 Å². The molecule has 0 saturated heterocycles. The van der Waals surface area contributed by atoms with Crippen LogP contribution in [-0.2, 0) is 0 Å². The normalized spacial score (nSPS) is 13.8. The largest absolute Gasteiger partial charge is 0.310 e. The highest BCUT2D eigenvalue weighted by atomic mass is 19.2. The third kappa shape index (κ3) is 3.77. The van der Waals surface area contributed by atoms with E-state index in [2.05, 4.69) is 26.1 Å². The lowest BCUT2D eigenvalue weighted by molar-refractivity contribution is 0.311. The fourth-order valence-electron chi connectivity index (χ4n) is 1.52. The molecule has 1 nitrogen and oxygen atoms in total. The van der Waals surface area contributed by atoms with Gasteiger partial charge in [0.2, 0.25) is 0 Å². The van der Waals surface area contributed by atoms with E-state index in [1.165, 1.54) is 6.07 Å². The molecule has 96 valence electrons. The summed E-state index contributed by atoms with van der Waals surface area (Å²) < 4.78 is 26.6. The molecule has 0 aliphatic heterocycles. The lowest BCUT2D eigenvalue weighted by atomic mass is 9.90. The summed E-state index contributed by atoms with van der Waals surface area (Å²) >= 11 is 0. The van der Waals surface area contributed by atoms with Crippen LogP contribution in [0.2, 0.25) is 0 Å². The van der Waals surface area contributed by atoms with Gasteiger partial charge in [0.25, 0.3) is 0 Å². The van der Waals surface area contributed by atoms with Gasteiger partial charge < -0.3 is 5.32 Å². The number of hydrogen-bond acceptors (Lipinski definition) is 1. The Morgan fingerprint density at radius 2 is 1.94 bits per heavy atom. The fraction of sp³-hybridized carbons (Fsp3) is 0.571. The minimum Gasteiger partial charge on any atom is -0.310 e. The molecule has 0 bridgehead atoms. The molecule has 1 unspecified atom stereocenters. The molecule has 0 saturated carbocycles. The van der Waals surface area contributed by atoms with Crippen molar-refractivity contribution in [3.63, 3.8) is 0 Å². The molecule has 1 N–H and O–H groups in total. The van der Waals surface area contributed by atoms with Crippen molar-refractivity contribution >= 4 is 0 Å². The smallest absolute Gasteiger partial charge is 0.163 e. The van der Waals surface area contributed by atoms with E-state index in [1.54, 1.807) is 6.07 Å². The Hall–Kier alpha value is -0.960. The number of benzene rings is 1. The minimum absolute atomic E-state index is 0.165. The first-order valence-electron chi connectivity index (χ1n) is 6.04. The van der Waals surface area contributed by atoms with Crippen molar-refractivity contribution < 1.29 is 8.78 Å². The SMILES string of the molecule is CCC(C)(C)CNC(C)c1cccc(F)c1F. The van der Waals surface area contributed by atoms with Gasteiger partial charge in [0.15, 0.2) is 11.6 Å². The molecule has 0 aromatic heterocycles. The van der Waals surface area contributed by atoms with Crippen LogP contribution in [0.25, 0.3) is 0 Å². The Bertz CT molecular complexity index is 374. The maximum absolute atomic E-state index is 13.5. The maximum Gasteiger partial charge on any atom is 0.163 e. The van der Waals surface area contributed by atoms with Gasteiger partial charge in [-0.25, -0.2) is 8.78 Å². The van der Waals surface area contributed by atoms with Crippen LogP contribution in [0.15, 0.2) is 18.2 Å². The molecule has 1 aromatic carbocycles. The van der Waals surface area contributed by atoms with Gasteiger partial charge in [-0.1, -0.05) is 32.9 Å². The number of nitrogens with one attached hydrogen (secondary N) is 1. The Balaban J connectivity index is 2.71. The first-order valence-corrected chi connectivity index (χ1v) is 6.04. The number of hydrogen-bond donors (Lipinski definition) is 1. The molecular formula is C14H21F2N. The van der Waals surface area contributed by atoms with Gasteiger partial charge in [-0.05, 0) is 24.8 Å². The summed E-state index contributed by atoms with van der Waals surface area (Å²) in [5.41, 5.74) is 0.551. The summed E-state index contributed by atoms with van der Waals surface area (Å²) in [7, 11) is 0. The topological polar surface area (TPSA) is 12.0 Å². The van der Waals surface area contributed by atoms with E-state index in [-0.39, 0.29) is 11.5 Å². The molecule has 0 amide bonds. The summed E-state index contributed by atoms with van der Waals surface area (Å²) in [5, 5.41) is 3.25. The number of halogens is 2. The van der Waals surface area contributed by atoms with Gasteiger partial charge in [-0.2, -0.15) is 0 Å². The average Bonchev–Trinajstić information content (AvgIpc) is 2.30. The van der Waals surface area contributed by atoms with Crippen LogP contribution < -0.4 is 5.32 Å². The Morgan fingerprint density at radius 3 is 2.53 bits per heavy atom. The standard InChI is InChI=1S/C14H21F2N/c1-5-14(3,4)9-17-10(2)11-7-6-8-12(15)13(11)16/h6-8,10,17H,5,9H2,1-4H3. The molecule has 0 aliphatic rings. The average molecular weight is 241 g/mol. The van der Waals surface area contributed by atoms with Gasteiger partial charge in [0.05, 0.1) is 0 Å². The van der Waals surface area contributed by atoms with Crippen molar-refractivity contribution in [3.05, 3.63) is 35.4 Å². The molecule has 1 rings (SSSR count). The molecule has 1 atom stereocenters. The summed E-state index contributed by atoms with van der Waals surface area (Å²) in [4.78, 5) is 0. The predicted molar refractivity (Wildman–Crippen MR) is 66.8 cm³/mol. The van der Waals surface area contributed by atoms with E-state index in [0.717, 1.165) is 19.0 Å². The quantitative estimate of drug-likeness (QED) is 0.820. The second kappa shape index (κ2) is 5.58. The summed E-state index contributed by atoms with van der Waals surface area (Å²) in [5.74, 6) is -1.53. The summed E-state index contributed by atoms with van der Waals surface area (Å²) in [6.45, 7) is 9.04. The zero-order valence-electron chi connectivity index (χ0n) is 11.0. The zero-order chi connectivity index (χ0) is 13.1. The fourth-order valence-corrected chi connectivity index (χ4v) is 1.52. The van der Waals surface area contributed by atoms with Crippen molar-refractivity contribution in [3.8, 4) is 0 Å². The zero-order valence-corrected chi connectivity index (χ0v) is 11.0. The molecule has 3 heteroatoms. The van der Waals surface area contributed by atoms with Gasteiger partial charge in [-0.15, -0.1) is 0 Å². The van der Waals surface area contributed by atoms with Gasteiger partial charge in [0.1, 0.15) is 0 Å². The van der Waals surface area contributed by atoms with Gasteiger partial charge in [-0.3, -0.25) is 0 Å². The Morgan fingerprint density at radius 1 is 1.29 bits per heavy atom. The molecule has 0 radical (unpaired) electrons. The van der Waals surface area contributed by atoms with Crippen molar-refractivity contribution in [2.75, 3.05) is 6.54 Å². The van der Waals surface area contributed by atoms with Crippen LogP contribution in [-0.4, -0.2) is 6.54 Å². The first kappa shape index (κ1) is 14.1. The lowest BCUT2D eigenvalue weighted by Gasteiger charge is -2.26. The molecular weight excluding hydrogens is 220 g/mol. The van der Waals surface area contributed by atoms with Crippen LogP contribution >= 0.6 is 0 Å². The molecule has 0 aliphatic carbocycles. The molecule has 0 fully saturated rings. The van der Waals surface area contributed by atoms with E-state index in [1.807, 2.05) is 6.92 Å². The molecule has 1 aromatic rings. The third-order valence-electron chi connectivity index (χ3n) is 3.29. The molecule has 17 heavy (non-hydrogen) atoms. The van der Waals surface area contributed by atoms with Crippen molar-refractivity contribution in [2.45, 2.75) is 40.2 Å². The van der Waals surface area contributed by atoms with Crippen LogP contribution in [0.5, 0.6) is 0 Å². The molecule has 0 spiro atoms. The van der Waals surface area contributed by atoms with E-state index in [4.69, 9.17) is 0 Å². The van der Waals surface area contributed by atoms with E-state index >= 15 is 0 Å². The highest BCUT2D eigenvalue weighted by molar-refractivity contribution is 5.21. The van der Waals surface area contributed by atoms with E-state index in [0.29, 0.717) is 5.56 Å². The Kier molecular flexibility index (Phi) is 4.63. The minimum atomic E-state index is -0.786. The van der Waals surface area contributed by atoms with Crippen molar-refractivity contribution in [1.82, 2.24) is 5.32 Å². The van der Waals surface area contributed by atoms with Gasteiger partial charge >= 0.3 is 0 Å². The van der Waals surface area contributed by atoms with Crippen molar-refractivity contribution in [2.24, 2.45) is 5.41 Å². The Labute approximate surface area is 102 Å². The van der Waals surface area contributed by atoms with Crippen molar-refractivity contribution in [1.29, 1.82) is 0 Å². The maximum atomic E-state index is 13.5. The monoisotopic (exact) mass is 241 g/mol. The van der Waals surface area contributed by atoms with E-state index < -0.39 is 11.6 Å². The van der Waals surface area contributed by atoms with E-state index in [9.17, 15) is 8.78 Å². The van der Waals surface area contributed by atoms with Crippen LogP contribution in [0.1, 0.15) is 45.7 Å². The van der Waals surface area contributed by atoms with Crippen LogP contribution in [0.4, 0.5) is 8.78 Å².